The van der Waals surface area contributed by atoms with Gasteiger partial charge in [-0.1, -0.05) is 12.1 Å². The summed E-state index contributed by atoms with van der Waals surface area (Å²) >= 11 is 0. The standard InChI is InChI=1S/C16H17N3O4/c1-11-6-7-12(9-13(11)23-2)16(22)18-17-14(20)10-19-8-4-3-5-15(19)21/h3-9H,10H2,1-2H3,(H,17,20)(H,18,22). The van der Waals surface area contributed by atoms with Crippen LogP contribution in [0.1, 0.15) is 15.9 Å². The normalized spacial score (nSPS) is 10.0. The van der Waals surface area contributed by atoms with Gasteiger partial charge in [-0.05, 0) is 30.7 Å². The predicted molar refractivity (Wildman–Crippen MR) is 84.0 cm³/mol. The summed E-state index contributed by atoms with van der Waals surface area (Å²) in [7, 11) is 1.52. The molecule has 0 aliphatic heterocycles. The number of amides is 2. The van der Waals surface area contributed by atoms with E-state index in [0.29, 0.717) is 11.3 Å². The molecule has 1 aromatic heterocycles. The van der Waals surface area contributed by atoms with Crippen LogP contribution < -0.4 is 21.1 Å². The van der Waals surface area contributed by atoms with Gasteiger partial charge in [0, 0.05) is 17.8 Å². The number of hydrazine groups is 1. The Kier molecular flexibility index (Phi) is 5.14. The fourth-order valence-corrected chi connectivity index (χ4v) is 1.95. The summed E-state index contributed by atoms with van der Waals surface area (Å²) in [6.07, 6.45) is 1.49. The molecule has 23 heavy (non-hydrogen) atoms. The summed E-state index contributed by atoms with van der Waals surface area (Å²) < 4.78 is 6.38. The maximum Gasteiger partial charge on any atom is 0.269 e. The van der Waals surface area contributed by atoms with Gasteiger partial charge in [0.05, 0.1) is 7.11 Å². The van der Waals surface area contributed by atoms with Crippen molar-refractivity contribution in [2.24, 2.45) is 0 Å². The summed E-state index contributed by atoms with van der Waals surface area (Å²) in [4.78, 5) is 35.3. The van der Waals surface area contributed by atoms with Crippen molar-refractivity contribution >= 4 is 11.8 Å². The maximum absolute atomic E-state index is 12.0. The van der Waals surface area contributed by atoms with Gasteiger partial charge in [-0.15, -0.1) is 0 Å². The van der Waals surface area contributed by atoms with Crippen LogP contribution >= 0.6 is 0 Å². The Balaban J connectivity index is 1.95. The Morgan fingerprint density at radius 2 is 1.96 bits per heavy atom. The molecule has 0 fully saturated rings. The Morgan fingerprint density at radius 3 is 2.65 bits per heavy atom. The van der Waals surface area contributed by atoms with Crippen LogP contribution in [0.4, 0.5) is 0 Å². The van der Waals surface area contributed by atoms with Crippen LogP contribution in [0.5, 0.6) is 5.75 Å². The van der Waals surface area contributed by atoms with Gasteiger partial charge in [0.1, 0.15) is 12.3 Å². The summed E-state index contributed by atoms with van der Waals surface area (Å²) in [5.41, 5.74) is 5.53. The SMILES string of the molecule is COc1cc(C(=O)NNC(=O)Cn2ccccc2=O)ccc1C. The third-order valence-corrected chi connectivity index (χ3v) is 3.20. The molecule has 0 saturated heterocycles. The molecule has 7 nitrogen and oxygen atoms in total. The van der Waals surface area contributed by atoms with Gasteiger partial charge in [-0.3, -0.25) is 25.2 Å². The van der Waals surface area contributed by atoms with E-state index in [9.17, 15) is 14.4 Å². The molecule has 1 aromatic carbocycles. The van der Waals surface area contributed by atoms with Crippen molar-refractivity contribution in [3.05, 3.63) is 64.1 Å². The minimum absolute atomic E-state index is 0.183. The van der Waals surface area contributed by atoms with Crippen molar-refractivity contribution in [1.82, 2.24) is 15.4 Å². The molecule has 0 atom stereocenters. The first-order valence-electron chi connectivity index (χ1n) is 6.90. The van der Waals surface area contributed by atoms with Crippen LogP contribution in [0.2, 0.25) is 0 Å². The van der Waals surface area contributed by atoms with Gasteiger partial charge >= 0.3 is 0 Å². The molecule has 0 spiro atoms. The van der Waals surface area contributed by atoms with Crippen molar-refractivity contribution in [2.45, 2.75) is 13.5 Å². The van der Waals surface area contributed by atoms with Crippen LogP contribution in [0.15, 0.2) is 47.4 Å². The molecule has 2 N–H and O–H groups in total. The topological polar surface area (TPSA) is 89.4 Å². The minimum Gasteiger partial charge on any atom is -0.496 e. The summed E-state index contributed by atoms with van der Waals surface area (Å²) in [6.45, 7) is 1.68. The van der Waals surface area contributed by atoms with E-state index in [-0.39, 0.29) is 12.1 Å². The van der Waals surface area contributed by atoms with E-state index in [1.54, 1.807) is 30.3 Å². The molecule has 1 heterocycles. The van der Waals surface area contributed by atoms with Crippen LogP contribution in [0, 0.1) is 6.92 Å². The number of nitrogens with zero attached hydrogens (tertiary/aromatic N) is 1. The number of carbonyl (C=O) groups is 2. The number of ether oxygens (including phenoxy) is 1. The number of methoxy groups -OCH3 is 1. The van der Waals surface area contributed by atoms with E-state index in [4.69, 9.17) is 4.74 Å². The third kappa shape index (κ3) is 4.19. The van der Waals surface area contributed by atoms with Crippen LogP contribution in [0.25, 0.3) is 0 Å². The molecule has 0 aliphatic carbocycles. The lowest BCUT2D eigenvalue weighted by molar-refractivity contribution is -0.122. The average molecular weight is 315 g/mol. The second-order valence-corrected chi connectivity index (χ2v) is 4.85. The molecule has 2 aromatic rings. The number of rotatable bonds is 4. The molecule has 0 saturated carbocycles. The lowest BCUT2D eigenvalue weighted by Crippen LogP contribution is -2.44. The number of hydrogen-bond donors (Lipinski definition) is 2. The molecule has 2 rings (SSSR count). The highest BCUT2D eigenvalue weighted by atomic mass is 16.5. The van der Waals surface area contributed by atoms with Crippen molar-refractivity contribution in [1.29, 1.82) is 0 Å². The molecule has 0 unspecified atom stereocenters. The Bertz CT molecular complexity index is 783. The quantitative estimate of drug-likeness (QED) is 0.810. The Hall–Kier alpha value is -3.09. The van der Waals surface area contributed by atoms with Gasteiger partial charge in [-0.25, -0.2) is 0 Å². The summed E-state index contributed by atoms with van der Waals surface area (Å²) in [5, 5.41) is 0. The number of pyridine rings is 1. The molecule has 0 radical (unpaired) electrons. The predicted octanol–water partition coefficient (Wildman–Crippen LogP) is 0.627. The highest BCUT2D eigenvalue weighted by Gasteiger charge is 2.10. The lowest BCUT2D eigenvalue weighted by Gasteiger charge is -2.10. The molecule has 0 aliphatic rings. The summed E-state index contributed by atoms with van der Waals surface area (Å²) in [6, 6.07) is 9.54. The summed E-state index contributed by atoms with van der Waals surface area (Å²) in [5.74, 6) is -0.400. The van der Waals surface area contributed by atoms with E-state index in [2.05, 4.69) is 10.9 Å². The van der Waals surface area contributed by atoms with Crippen molar-refractivity contribution < 1.29 is 14.3 Å². The van der Waals surface area contributed by atoms with E-state index >= 15 is 0 Å². The van der Waals surface area contributed by atoms with Gasteiger partial charge in [-0.2, -0.15) is 0 Å². The smallest absolute Gasteiger partial charge is 0.269 e. The van der Waals surface area contributed by atoms with E-state index in [1.807, 2.05) is 6.92 Å². The van der Waals surface area contributed by atoms with Crippen molar-refractivity contribution in [3.63, 3.8) is 0 Å². The fourth-order valence-electron chi connectivity index (χ4n) is 1.95. The first-order chi connectivity index (χ1) is 11.0. The Labute approximate surface area is 132 Å². The van der Waals surface area contributed by atoms with E-state index in [1.165, 1.54) is 23.9 Å². The van der Waals surface area contributed by atoms with Crippen LogP contribution in [-0.4, -0.2) is 23.5 Å². The Morgan fingerprint density at radius 1 is 1.17 bits per heavy atom. The molecule has 120 valence electrons. The molecular formula is C16H17N3O4. The van der Waals surface area contributed by atoms with Crippen molar-refractivity contribution in [2.75, 3.05) is 7.11 Å². The molecule has 0 bridgehead atoms. The second-order valence-electron chi connectivity index (χ2n) is 4.85. The van der Waals surface area contributed by atoms with Gasteiger partial charge in [0.25, 0.3) is 17.4 Å². The largest absolute Gasteiger partial charge is 0.496 e. The lowest BCUT2D eigenvalue weighted by atomic mass is 10.1. The number of aromatic nitrogens is 1. The molecular weight excluding hydrogens is 298 g/mol. The number of hydrogen-bond acceptors (Lipinski definition) is 4. The zero-order valence-corrected chi connectivity index (χ0v) is 12.8. The second kappa shape index (κ2) is 7.26. The number of benzene rings is 1. The third-order valence-electron chi connectivity index (χ3n) is 3.20. The van der Waals surface area contributed by atoms with Crippen molar-refractivity contribution in [3.8, 4) is 5.75 Å². The van der Waals surface area contributed by atoms with Gasteiger partial charge in [0.15, 0.2) is 0 Å². The molecule has 7 heteroatoms. The van der Waals surface area contributed by atoms with Gasteiger partial charge < -0.3 is 9.30 Å². The van der Waals surface area contributed by atoms with Crippen LogP contribution in [-0.2, 0) is 11.3 Å². The maximum atomic E-state index is 12.0. The van der Waals surface area contributed by atoms with Gasteiger partial charge in [0.2, 0.25) is 0 Å². The average Bonchev–Trinajstić information content (AvgIpc) is 2.55. The highest BCUT2D eigenvalue weighted by molar-refractivity contribution is 5.95. The molecule has 2 amide bonds. The zero-order chi connectivity index (χ0) is 16.8. The number of carbonyl (C=O) groups excluding carboxylic acids is 2. The minimum atomic E-state index is -0.509. The monoisotopic (exact) mass is 315 g/mol. The first kappa shape index (κ1) is 16.3. The number of nitrogens with one attached hydrogen (secondary N) is 2. The number of aryl methyl sites for hydroxylation is 1. The zero-order valence-electron chi connectivity index (χ0n) is 12.8. The van der Waals surface area contributed by atoms with E-state index in [0.717, 1.165) is 5.56 Å². The highest BCUT2D eigenvalue weighted by Crippen LogP contribution is 2.18. The fraction of sp³-hybridized carbons (Fsp3) is 0.188. The first-order valence-corrected chi connectivity index (χ1v) is 6.90. The van der Waals surface area contributed by atoms with Crippen LogP contribution in [0.3, 0.4) is 0 Å². The van der Waals surface area contributed by atoms with E-state index < -0.39 is 11.8 Å².